The van der Waals surface area contributed by atoms with E-state index in [0.29, 0.717) is 0 Å². The molecule has 0 unspecified atom stereocenters. The van der Waals surface area contributed by atoms with Crippen LogP contribution in [0.3, 0.4) is 0 Å². The lowest BCUT2D eigenvalue weighted by Crippen LogP contribution is -2.30. The lowest BCUT2D eigenvalue weighted by molar-refractivity contribution is 1.48. The molecule has 0 aliphatic rings. The third-order valence-corrected chi connectivity index (χ3v) is 8.64. The van der Waals surface area contributed by atoms with Crippen LogP contribution in [-0.2, 0) is 0 Å². The summed E-state index contributed by atoms with van der Waals surface area (Å²) in [6.07, 6.45) is 0. The maximum absolute atomic E-state index is 2.44. The van der Waals surface area contributed by atoms with Crippen molar-refractivity contribution in [1.29, 1.82) is 0 Å². The van der Waals surface area contributed by atoms with E-state index in [1.54, 1.807) is 0 Å². The molecule has 0 heterocycles. The highest BCUT2D eigenvalue weighted by molar-refractivity contribution is 7.95. The highest BCUT2D eigenvalue weighted by Gasteiger charge is 2.39. The molecule has 0 fully saturated rings. The Hall–Kier alpha value is -1.91. The van der Waals surface area contributed by atoms with Gasteiger partial charge in [-0.05, 0) is 57.2 Å². The maximum Gasteiger partial charge on any atom is 0.109 e. The van der Waals surface area contributed by atoms with Crippen LogP contribution in [0.25, 0.3) is 0 Å². The Morgan fingerprint density at radius 2 is 0.640 bits per heavy atom. The van der Waals surface area contributed by atoms with E-state index in [0.717, 1.165) is 0 Å². The van der Waals surface area contributed by atoms with Gasteiger partial charge >= 0.3 is 0 Å². The zero-order valence-corrected chi connectivity index (χ0v) is 17.3. The maximum atomic E-state index is 2.44. The van der Waals surface area contributed by atoms with Crippen molar-refractivity contribution >= 4 is 23.2 Å². The van der Waals surface area contributed by atoms with Crippen LogP contribution in [0.5, 0.6) is 0 Å². The molecule has 0 radical (unpaired) electrons. The molecule has 3 aromatic rings. The number of hydrogen-bond acceptors (Lipinski definition) is 0. The molecule has 0 saturated carbocycles. The molecule has 0 aromatic heterocycles. The van der Waals surface area contributed by atoms with Crippen LogP contribution in [0.1, 0.15) is 30.5 Å². The van der Waals surface area contributed by atoms with Crippen molar-refractivity contribution in [2.45, 2.75) is 34.6 Å². The quantitative estimate of drug-likeness (QED) is 0.543. The highest BCUT2D eigenvalue weighted by Crippen LogP contribution is 2.51. The molecule has 25 heavy (non-hydrogen) atoms. The Labute approximate surface area is 154 Å². The second kappa shape index (κ2) is 8.45. The van der Waals surface area contributed by atoms with Gasteiger partial charge in [-0.2, -0.15) is 0 Å². The van der Waals surface area contributed by atoms with Gasteiger partial charge in [-0.15, -0.1) is 0 Å². The summed E-state index contributed by atoms with van der Waals surface area (Å²) in [4.78, 5) is 0. The van der Waals surface area contributed by atoms with Crippen molar-refractivity contribution in [1.82, 2.24) is 0 Å². The first-order valence-corrected chi connectivity index (χ1v) is 11.3. The second-order valence-corrected chi connectivity index (χ2v) is 10.1. The van der Waals surface area contributed by atoms with Crippen LogP contribution in [0, 0.1) is 20.8 Å². The topological polar surface area (TPSA) is 0 Å². The minimum atomic E-state index is -1.59. The highest BCUT2D eigenvalue weighted by atomic mass is 31.2. The van der Waals surface area contributed by atoms with Gasteiger partial charge < -0.3 is 0 Å². The van der Waals surface area contributed by atoms with Gasteiger partial charge in [0.05, 0.1) is 6.66 Å². The van der Waals surface area contributed by atoms with Crippen LogP contribution in [0.2, 0.25) is 0 Å². The average Bonchev–Trinajstić information content (AvgIpc) is 2.64. The summed E-state index contributed by atoms with van der Waals surface area (Å²) in [5.74, 6) is 0. The molecule has 130 valence electrons. The molecule has 0 atom stereocenters. The molecule has 0 saturated heterocycles. The zero-order valence-electron chi connectivity index (χ0n) is 16.4. The predicted molar refractivity (Wildman–Crippen MR) is 117 cm³/mol. The molecule has 0 nitrogen and oxygen atoms in total. The molecule has 0 spiro atoms. The third-order valence-electron chi connectivity index (χ3n) is 4.65. The molecule has 1 heteroatoms. The standard InChI is InChI=1S/C22H24P.C2H6/c1-17-5-11-20(12-6-17)23(4,21-13-7-18(2)8-14-21)22-15-9-19(3)10-16-22;1-2/h5-16H,1-4H3;1-2H3/q+1;. The molecule has 0 aliphatic carbocycles. The largest absolute Gasteiger partial charge is 0.109 e. The monoisotopic (exact) mass is 349 g/mol. The first-order chi connectivity index (χ1) is 12.0. The predicted octanol–water partition coefficient (Wildman–Crippen LogP) is 5.56. The lowest BCUT2D eigenvalue weighted by Gasteiger charge is -2.23. The molecular formula is C24H30P+. The minimum absolute atomic E-state index is 1.31. The van der Waals surface area contributed by atoms with Crippen LogP contribution in [0.4, 0.5) is 0 Å². The summed E-state index contributed by atoms with van der Waals surface area (Å²) in [5, 5.41) is 4.32. The average molecular weight is 349 g/mol. The van der Waals surface area contributed by atoms with Gasteiger partial charge in [-0.25, -0.2) is 0 Å². The minimum Gasteiger partial charge on any atom is -0.0683 e. The van der Waals surface area contributed by atoms with Crippen LogP contribution >= 0.6 is 7.26 Å². The summed E-state index contributed by atoms with van der Waals surface area (Å²) in [5.41, 5.74) is 3.94. The Balaban J connectivity index is 0.00000109. The van der Waals surface area contributed by atoms with E-state index in [1.165, 1.54) is 32.6 Å². The summed E-state index contributed by atoms with van der Waals surface area (Å²) in [7, 11) is -1.59. The van der Waals surface area contributed by atoms with E-state index in [-0.39, 0.29) is 0 Å². The summed E-state index contributed by atoms with van der Waals surface area (Å²) in [6.45, 7) is 12.9. The SMILES string of the molecule is CC.Cc1ccc([P+](C)(c2ccc(C)cc2)c2ccc(C)cc2)cc1. The fourth-order valence-corrected chi connectivity index (χ4v) is 6.11. The second-order valence-electron chi connectivity index (χ2n) is 6.51. The van der Waals surface area contributed by atoms with Crippen molar-refractivity contribution in [2.75, 3.05) is 6.66 Å². The normalized spacial score (nSPS) is 10.8. The van der Waals surface area contributed by atoms with Crippen LogP contribution < -0.4 is 15.9 Å². The molecule has 0 bridgehead atoms. The van der Waals surface area contributed by atoms with Crippen LogP contribution in [0.15, 0.2) is 72.8 Å². The van der Waals surface area contributed by atoms with E-state index < -0.39 is 7.26 Å². The number of rotatable bonds is 3. The van der Waals surface area contributed by atoms with Gasteiger partial charge in [0.1, 0.15) is 23.2 Å². The fraction of sp³-hybridized carbons (Fsp3) is 0.250. The summed E-state index contributed by atoms with van der Waals surface area (Å²) < 4.78 is 0. The number of aryl methyl sites for hydroxylation is 3. The molecular weight excluding hydrogens is 319 g/mol. The van der Waals surface area contributed by atoms with Crippen molar-refractivity contribution in [3.8, 4) is 0 Å². The molecule has 3 rings (SSSR count). The smallest absolute Gasteiger partial charge is 0.0683 e. The van der Waals surface area contributed by atoms with Gasteiger partial charge in [0.25, 0.3) is 0 Å². The van der Waals surface area contributed by atoms with Crippen molar-refractivity contribution in [3.05, 3.63) is 89.5 Å². The summed E-state index contributed by atoms with van der Waals surface area (Å²) in [6, 6.07) is 27.2. The Morgan fingerprint density at radius 3 is 0.840 bits per heavy atom. The Morgan fingerprint density at radius 1 is 0.440 bits per heavy atom. The van der Waals surface area contributed by atoms with E-state index in [1.807, 2.05) is 13.8 Å². The molecule has 0 aliphatic heterocycles. The molecule has 3 aromatic carbocycles. The zero-order chi connectivity index (χ0) is 18.4. The fourth-order valence-electron chi connectivity index (χ4n) is 2.98. The van der Waals surface area contributed by atoms with Gasteiger partial charge in [0.15, 0.2) is 0 Å². The lowest BCUT2D eigenvalue weighted by atomic mass is 10.2. The van der Waals surface area contributed by atoms with Gasteiger partial charge in [-0.1, -0.05) is 66.9 Å². The van der Waals surface area contributed by atoms with E-state index in [9.17, 15) is 0 Å². The third kappa shape index (κ3) is 4.20. The first-order valence-electron chi connectivity index (χ1n) is 9.08. The van der Waals surface area contributed by atoms with Crippen molar-refractivity contribution < 1.29 is 0 Å². The summed E-state index contributed by atoms with van der Waals surface area (Å²) >= 11 is 0. The van der Waals surface area contributed by atoms with Gasteiger partial charge in [0.2, 0.25) is 0 Å². The van der Waals surface area contributed by atoms with Gasteiger partial charge in [0, 0.05) is 0 Å². The molecule has 0 amide bonds. The Kier molecular flexibility index (Phi) is 6.57. The van der Waals surface area contributed by atoms with Crippen LogP contribution in [-0.4, -0.2) is 6.66 Å². The van der Waals surface area contributed by atoms with Crippen molar-refractivity contribution in [2.24, 2.45) is 0 Å². The van der Waals surface area contributed by atoms with E-state index in [4.69, 9.17) is 0 Å². The van der Waals surface area contributed by atoms with Gasteiger partial charge in [-0.3, -0.25) is 0 Å². The first kappa shape index (κ1) is 19.4. The Bertz CT molecular complexity index is 670. The number of benzene rings is 3. The number of hydrogen-bond donors (Lipinski definition) is 0. The van der Waals surface area contributed by atoms with Crippen molar-refractivity contribution in [3.63, 3.8) is 0 Å². The van der Waals surface area contributed by atoms with E-state index in [2.05, 4.69) is 100 Å². The van der Waals surface area contributed by atoms with E-state index >= 15 is 0 Å². The molecule has 0 N–H and O–H groups in total.